The molecular formula is C113H135Br2ClN10O18. The molecule has 20 rings (SSSR count). The van der Waals surface area contributed by atoms with E-state index in [-0.39, 0.29) is 113 Å². The average Bonchev–Trinajstić information content (AvgIpc) is 1.59. The van der Waals surface area contributed by atoms with Crippen LogP contribution in [0.4, 0.5) is 50.3 Å². The summed E-state index contributed by atoms with van der Waals surface area (Å²) in [4.78, 5) is 161. The summed E-state index contributed by atoms with van der Waals surface area (Å²) >= 11 is 6.77. The van der Waals surface area contributed by atoms with Crippen molar-refractivity contribution in [1.29, 1.82) is 0 Å². The summed E-state index contributed by atoms with van der Waals surface area (Å²) in [7, 11) is 10.9. The molecule has 12 aliphatic rings. The summed E-state index contributed by atoms with van der Waals surface area (Å²) in [6, 6.07) is 50.3. The summed E-state index contributed by atoms with van der Waals surface area (Å²) in [6.07, 6.45) is 8.46. The van der Waals surface area contributed by atoms with Crippen molar-refractivity contribution < 1.29 is 86.4 Å². The number of amides is 9. The van der Waals surface area contributed by atoms with Crippen LogP contribution in [0.5, 0.6) is 0 Å². The maximum atomic E-state index is 12.4. The van der Waals surface area contributed by atoms with Crippen molar-refractivity contribution in [3.8, 4) is 0 Å². The van der Waals surface area contributed by atoms with E-state index in [0.717, 1.165) is 141 Å². The number of anilines is 8. The van der Waals surface area contributed by atoms with Crippen molar-refractivity contribution in [2.75, 3.05) is 102 Å². The highest BCUT2D eigenvalue weighted by atomic mass is 79.9. The number of halogens is 3. The summed E-state index contributed by atoms with van der Waals surface area (Å²) in [5, 5.41) is 17.5. The molecule has 28 nitrogen and oxygen atoms in total. The molecule has 0 aromatic heterocycles. The maximum Gasteiger partial charge on any atom is 0.407 e. The normalized spacial score (nSPS) is 21.5. The van der Waals surface area contributed by atoms with Crippen molar-refractivity contribution in [3.05, 3.63) is 252 Å². The minimum Gasteiger partial charge on any atom is -0.481 e. The Morgan fingerprint density at radius 1 is 0.438 bits per heavy atom. The number of carboxylic acid groups (broad SMARTS) is 1. The van der Waals surface area contributed by atoms with Crippen molar-refractivity contribution in [2.45, 2.75) is 237 Å². The molecule has 6 N–H and O–H groups in total. The van der Waals surface area contributed by atoms with E-state index < -0.39 is 44.1 Å². The molecule has 31 heteroatoms. The van der Waals surface area contributed by atoms with E-state index in [1.54, 1.807) is 63.4 Å². The smallest absolute Gasteiger partial charge is 0.407 e. The Bertz CT molecular complexity index is 6420. The number of nitrogens with one attached hydrogen (secondary N) is 3. The van der Waals surface area contributed by atoms with Crippen LogP contribution < -0.4 is 51.1 Å². The number of nitrogens with zero attached hydrogens (tertiary/aromatic N) is 6. The van der Waals surface area contributed by atoms with E-state index >= 15 is 0 Å². The molecule has 0 spiro atoms. The zero-order valence-corrected chi connectivity index (χ0v) is 90.7. The van der Waals surface area contributed by atoms with Crippen LogP contribution in [0.15, 0.2) is 179 Å². The van der Waals surface area contributed by atoms with Gasteiger partial charge in [0.1, 0.15) is 5.60 Å². The minimum absolute atomic E-state index is 0. The predicted octanol–water partition coefficient (Wildman–Crippen LogP) is 19.3. The fourth-order valence-electron chi connectivity index (χ4n) is 19.5. The largest absolute Gasteiger partial charge is 0.481 e. The minimum atomic E-state index is -0.724. The molecule has 8 aliphatic heterocycles. The number of hydrogen-bond donors (Lipinski definition) is 5. The summed E-state index contributed by atoms with van der Waals surface area (Å²) in [6.45, 7) is 38.7. The highest BCUT2D eigenvalue weighted by Gasteiger charge is 2.52. The zero-order chi connectivity index (χ0) is 105. The molecule has 4 fully saturated rings. The number of para-hydroxylation sites is 1. The number of alkyl carbamates (subject to hydrolysis) is 1. The Balaban J connectivity index is 0.000000157. The van der Waals surface area contributed by atoms with Gasteiger partial charge in [0.05, 0.1) is 77.0 Å². The first kappa shape index (κ1) is 112. The van der Waals surface area contributed by atoms with Gasteiger partial charge in [0.15, 0.2) is 0 Å². The third kappa shape index (κ3) is 23.9. The second-order valence-corrected chi connectivity index (χ2v) is 43.8. The Hall–Kier alpha value is -12.6. The topological polar surface area (TPSA) is 361 Å². The van der Waals surface area contributed by atoms with E-state index in [2.05, 4.69) is 95.5 Å². The van der Waals surface area contributed by atoms with Gasteiger partial charge in [-0.1, -0.05) is 111 Å². The number of likely N-dealkylation sites (N-methyl/N-ethyl adjacent to an activating group) is 6. The van der Waals surface area contributed by atoms with Crippen LogP contribution in [0.25, 0.3) is 6.08 Å². The van der Waals surface area contributed by atoms with E-state index in [1.807, 2.05) is 254 Å². The summed E-state index contributed by atoms with van der Waals surface area (Å²) < 4.78 is 21.7. The highest BCUT2D eigenvalue weighted by molar-refractivity contribution is 9.10. The van der Waals surface area contributed by atoms with Gasteiger partial charge < -0.3 is 75.1 Å². The van der Waals surface area contributed by atoms with Gasteiger partial charge >= 0.3 is 30.0 Å². The van der Waals surface area contributed by atoms with Crippen LogP contribution in [-0.4, -0.2) is 162 Å². The van der Waals surface area contributed by atoms with Gasteiger partial charge in [-0.2, -0.15) is 0 Å². The number of fused-ring (bicyclic) bond motifs is 8. The number of aliphatic carboxylic acids is 1. The number of esters is 3. The molecule has 0 bridgehead atoms. The van der Waals surface area contributed by atoms with Crippen molar-refractivity contribution in [3.63, 3.8) is 0 Å². The molecule has 8 unspecified atom stereocenters. The van der Waals surface area contributed by atoms with Crippen molar-refractivity contribution >= 4 is 173 Å². The van der Waals surface area contributed by atoms with Gasteiger partial charge in [-0.05, 0) is 319 Å². The molecule has 4 saturated carbocycles. The Morgan fingerprint density at radius 3 is 1.16 bits per heavy atom. The Morgan fingerprint density at radius 2 is 0.778 bits per heavy atom. The standard InChI is InChI=1S/C19H26N2O3.C17H21NO3.C16H19NO3.C15H17NO3.C14H18N2O.C11H12BrNO.C8H6BrNO.C8H7NO.C5H8O2.ClH/c1-18(2,3)24-17(23)20-14-10-12(14)11-7-8-15-13(9-11)19(4,5)16(22)21(15)6;1-5-21-15(19)12-9-11(12)10-6-7-14-13(8-10)17(2,3)16(20)18(14)4;1-5-20-14(18)9-7-11-6-8-13-12(10-11)16(2,3)15(19)17(13)4;1-15(2)11-6-8(9-7-10(9)13(17)18)4-5-12(11)16(3)14(15)19;1-14(2)10-6-8(9-7-11(9)15)4-5-12(10)16(3)13(14)17;1-11(2)8-6-7(12)4-5-9(8)13(3)10(11)14;9-6-1-2-7-5(3-6)4-8(11)10-7;10-8-5-6-3-1-2-4-7(6)9-8;1-3-5(6)7-4-2;/h7-9,12,14H,10H2,1-6H3,(H,20,23);6-8,11-12H,5,9H2,1-4H3;6-10H,5H2,1-4H3;4-6,9-10H,7H2,1-3H3,(H,17,18);4-6,9,11H,7,15H2,1-3H3;4-6H,1-3H3;1-3H,4H2,(H,10,11);1-4H,5H2,(H,9,10);3H,1,4H2,2H3;1H/b;;9-7+;;;;;;;. The third-order valence-electron chi connectivity index (χ3n) is 28.3. The van der Waals surface area contributed by atoms with Crippen LogP contribution in [0, 0.1) is 11.8 Å². The fourth-order valence-corrected chi connectivity index (χ4v) is 20.3. The lowest BCUT2D eigenvalue weighted by molar-refractivity contribution is -0.145. The number of carbonyl (C=O) groups is 13. The van der Waals surface area contributed by atoms with E-state index in [4.69, 9.17) is 25.1 Å². The number of benzene rings is 8. The second kappa shape index (κ2) is 43.7. The lowest BCUT2D eigenvalue weighted by Gasteiger charge is -2.19. The number of nitrogens with two attached hydrogens (primary N) is 1. The summed E-state index contributed by atoms with van der Waals surface area (Å²) in [5.74, 6) is 0.246. The SMILES string of the molecule is C=CC(=O)OCC.CCOC(=O)/C=C/c1ccc2c(c1)C(C)(C)C(=O)N2C.CCOC(=O)C1CC1c1ccc2c(c1)C(C)(C)C(=O)N2C.CN1C(=O)C(C)(C)c2cc(Br)ccc21.CN1C(=O)C(C)(C)c2cc(C3CC3C(=O)O)ccc21.CN1C(=O)C(C)(C)c2cc(C3CC3N)ccc21.CN1C(=O)C(C)(C)c2cc(C3CC3NC(=O)OC(C)(C)C)ccc21.Cl.O=C1Cc2cc(Br)ccc2N1.O=C1Cc2ccccc2N1. The lowest BCUT2D eigenvalue weighted by atomic mass is 9.85. The quantitative estimate of drug-likeness (QED) is 0.0406. The molecule has 4 aliphatic carbocycles. The lowest BCUT2D eigenvalue weighted by Crippen LogP contribution is -2.34. The number of hydrogen-bond acceptors (Lipinski definition) is 18. The molecule has 0 saturated heterocycles. The summed E-state index contributed by atoms with van der Waals surface area (Å²) in [5.41, 5.74) is 24.4. The number of carboxylic acids is 1. The predicted molar refractivity (Wildman–Crippen MR) is 572 cm³/mol. The van der Waals surface area contributed by atoms with Gasteiger partial charge in [-0.25, -0.2) is 14.4 Å². The molecule has 766 valence electrons. The van der Waals surface area contributed by atoms with Crippen LogP contribution >= 0.6 is 44.3 Å². The Labute approximate surface area is 867 Å². The number of carbonyl (C=O) groups excluding carboxylic acids is 12. The fraction of sp³-hybridized carbons (Fsp3) is 0.425. The highest BCUT2D eigenvalue weighted by Crippen LogP contribution is 2.55. The molecule has 8 aromatic carbocycles. The van der Waals surface area contributed by atoms with Gasteiger partial charge in [0.2, 0.25) is 47.3 Å². The van der Waals surface area contributed by atoms with Gasteiger partial charge in [-0.15, -0.1) is 12.4 Å². The third-order valence-corrected chi connectivity index (χ3v) is 29.3. The van der Waals surface area contributed by atoms with Crippen molar-refractivity contribution in [1.82, 2.24) is 5.32 Å². The van der Waals surface area contributed by atoms with E-state index in [1.165, 1.54) is 17.2 Å². The van der Waals surface area contributed by atoms with Crippen LogP contribution in [-0.2, 0) is 122 Å². The molecular weight excluding hydrogens is 1980 g/mol. The van der Waals surface area contributed by atoms with Gasteiger partial charge in [-0.3, -0.25) is 47.9 Å². The molecule has 8 atom stereocenters. The van der Waals surface area contributed by atoms with Crippen LogP contribution in [0.3, 0.4) is 0 Å². The number of ether oxygens (including phenoxy) is 4. The first-order chi connectivity index (χ1) is 66.9. The molecule has 8 aromatic rings. The maximum absolute atomic E-state index is 12.4. The molecule has 0 radical (unpaired) electrons. The molecule has 144 heavy (non-hydrogen) atoms. The zero-order valence-electron chi connectivity index (χ0n) is 86.7. The van der Waals surface area contributed by atoms with Crippen LogP contribution in [0.2, 0.25) is 0 Å². The van der Waals surface area contributed by atoms with Crippen molar-refractivity contribution in [2.24, 2.45) is 17.6 Å². The Kier molecular flexibility index (Phi) is 33.9. The van der Waals surface area contributed by atoms with Crippen LogP contribution in [0.1, 0.15) is 246 Å². The average molecular weight is 2120 g/mol. The first-order valence-corrected chi connectivity index (χ1v) is 49.9. The second-order valence-electron chi connectivity index (χ2n) is 42.0. The first-order valence-electron chi connectivity index (χ1n) is 48.3. The van der Waals surface area contributed by atoms with Gasteiger partial charge in [0, 0.05) is 133 Å². The van der Waals surface area contributed by atoms with Gasteiger partial charge in [0.25, 0.3) is 0 Å². The molecule has 9 amide bonds. The van der Waals surface area contributed by atoms with E-state index in [9.17, 15) is 62.3 Å². The van der Waals surface area contributed by atoms with E-state index in [0.29, 0.717) is 57.0 Å². The monoisotopic (exact) mass is 2110 g/mol. The molecule has 8 heterocycles. The number of rotatable bonds is 13.